The Balaban J connectivity index is 2.95. The number of alkyl halides is 3. The lowest BCUT2D eigenvalue weighted by molar-refractivity contribution is -0.138. The molecule has 2 aromatic rings. The summed E-state index contributed by atoms with van der Waals surface area (Å²) in [6, 6.07) is 2.10. The number of rotatable bonds is 0. The zero-order chi connectivity index (χ0) is 11.9. The number of fused-ring (bicyclic) bond motifs is 1. The fraction of sp³-hybridized carbons (Fsp3) is 0.182. The second-order valence-corrected chi connectivity index (χ2v) is 3.47. The fourth-order valence-electron chi connectivity index (χ4n) is 1.70. The van der Waals surface area contributed by atoms with Crippen LogP contribution in [-0.2, 0) is 6.18 Å². The van der Waals surface area contributed by atoms with Gasteiger partial charge in [0.05, 0.1) is 5.56 Å². The Labute approximate surface area is 88.7 Å². The van der Waals surface area contributed by atoms with Crippen LogP contribution in [0.2, 0.25) is 0 Å². The van der Waals surface area contributed by atoms with Crippen LogP contribution < -0.4 is 0 Å². The largest absolute Gasteiger partial charge is 0.419 e. The number of pyridine rings is 1. The van der Waals surface area contributed by atoms with E-state index in [1.54, 1.807) is 0 Å². The van der Waals surface area contributed by atoms with Gasteiger partial charge in [0.15, 0.2) is 0 Å². The van der Waals surface area contributed by atoms with Crippen molar-refractivity contribution in [3.05, 3.63) is 41.5 Å². The SMILES string of the molecule is Cc1cncc2ccc(F)c(C(F)(F)F)c12. The average molecular weight is 229 g/mol. The van der Waals surface area contributed by atoms with Crippen LogP contribution in [0.1, 0.15) is 11.1 Å². The second kappa shape index (κ2) is 3.43. The van der Waals surface area contributed by atoms with E-state index in [-0.39, 0.29) is 10.8 Å². The van der Waals surface area contributed by atoms with Crippen molar-refractivity contribution in [1.82, 2.24) is 4.98 Å². The van der Waals surface area contributed by atoms with E-state index >= 15 is 0 Å². The molecule has 0 atom stereocenters. The fourth-order valence-corrected chi connectivity index (χ4v) is 1.70. The molecule has 16 heavy (non-hydrogen) atoms. The minimum absolute atomic E-state index is 0.123. The van der Waals surface area contributed by atoms with Crippen LogP contribution in [0, 0.1) is 12.7 Å². The highest BCUT2D eigenvalue weighted by atomic mass is 19.4. The molecule has 0 radical (unpaired) electrons. The predicted octanol–water partition coefficient (Wildman–Crippen LogP) is 3.70. The minimum Gasteiger partial charge on any atom is -0.264 e. The monoisotopic (exact) mass is 229 g/mol. The first-order chi connectivity index (χ1) is 7.41. The third-order valence-corrected chi connectivity index (χ3v) is 2.35. The van der Waals surface area contributed by atoms with Crippen molar-refractivity contribution < 1.29 is 17.6 Å². The molecule has 0 aliphatic carbocycles. The molecule has 0 saturated carbocycles. The van der Waals surface area contributed by atoms with Gasteiger partial charge in [0.1, 0.15) is 5.82 Å². The van der Waals surface area contributed by atoms with Gasteiger partial charge in [-0.2, -0.15) is 13.2 Å². The Morgan fingerprint density at radius 2 is 1.81 bits per heavy atom. The summed E-state index contributed by atoms with van der Waals surface area (Å²) in [5, 5.41) is 0.163. The summed E-state index contributed by atoms with van der Waals surface area (Å²) in [7, 11) is 0. The van der Waals surface area contributed by atoms with E-state index in [9.17, 15) is 17.6 Å². The molecule has 2 rings (SSSR count). The molecule has 0 aliphatic rings. The van der Waals surface area contributed by atoms with E-state index in [0.717, 1.165) is 6.07 Å². The maximum Gasteiger partial charge on any atom is 0.419 e. The van der Waals surface area contributed by atoms with Crippen molar-refractivity contribution in [1.29, 1.82) is 0 Å². The molecule has 0 aliphatic heterocycles. The Morgan fingerprint density at radius 3 is 2.44 bits per heavy atom. The highest BCUT2D eigenvalue weighted by molar-refractivity contribution is 5.88. The number of aryl methyl sites for hydroxylation is 1. The van der Waals surface area contributed by atoms with Crippen LogP contribution in [0.3, 0.4) is 0 Å². The number of aromatic nitrogens is 1. The zero-order valence-corrected chi connectivity index (χ0v) is 8.27. The summed E-state index contributed by atoms with van der Waals surface area (Å²) in [6.45, 7) is 1.48. The minimum atomic E-state index is -4.70. The van der Waals surface area contributed by atoms with Crippen LogP contribution in [0.15, 0.2) is 24.5 Å². The smallest absolute Gasteiger partial charge is 0.264 e. The van der Waals surface area contributed by atoms with E-state index in [1.807, 2.05) is 0 Å². The molecular weight excluding hydrogens is 222 g/mol. The van der Waals surface area contributed by atoms with E-state index in [1.165, 1.54) is 25.4 Å². The quantitative estimate of drug-likeness (QED) is 0.627. The summed E-state index contributed by atoms with van der Waals surface area (Å²) in [4.78, 5) is 3.78. The first kappa shape index (κ1) is 10.9. The summed E-state index contributed by atoms with van der Waals surface area (Å²) in [6.07, 6.45) is -2.12. The number of hydrogen-bond donors (Lipinski definition) is 0. The second-order valence-electron chi connectivity index (χ2n) is 3.47. The summed E-state index contributed by atoms with van der Waals surface area (Å²) in [5.41, 5.74) is -0.908. The van der Waals surface area contributed by atoms with Crippen molar-refractivity contribution in [2.75, 3.05) is 0 Å². The van der Waals surface area contributed by atoms with Crippen LogP contribution >= 0.6 is 0 Å². The van der Waals surface area contributed by atoms with Gasteiger partial charge in [-0.05, 0) is 24.6 Å². The molecule has 0 saturated heterocycles. The Hall–Kier alpha value is -1.65. The molecule has 5 heteroatoms. The standard InChI is InChI=1S/C11H7F4N/c1-6-4-16-5-7-2-3-8(12)10(9(6)7)11(13,14)15/h2-5H,1H3. The Morgan fingerprint density at radius 1 is 1.12 bits per heavy atom. The Kier molecular flexibility index (Phi) is 2.33. The van der Waals surface area contributed by atoms with Crippen LogP contribution in [-0.4, -0.2) is 4.98 Å². The third kappa shape index (κ3) is 1.62. The molecule has 1 aromatic carbocycles. The van der Waals surface area contributed by atoms with Gasteiger partial charge in [-0.1, -0.05) is 0 Å². The molecule has 0 N–H and O–H groups in total. The molecule has 1 heterocycles. The normalized spacial score (nSPS) is 12.1. The van der Waals surface area contributed by atoms with Gasteiger partial charge in [-0.25, -0.2) is 4.39 Å². The van der Waals surface area contributed by atoms with Crippen molar-refractivity contribution in [2.45, 2.75) is 13.1 Å². The highest BCUT2D eigenvalue weighted by Crippen LogP contribution is 2.37. The molecule has 84 valence electrons. The number of nitrogens with zero attached hydrogens (tertiary/aromatic N) is 1. The molecular formula is C11H7F4N. The van der Waals surface area contributed by atoms with E-state index in [4.69, 9.17) is 0 Å². The summed E-state index contributed by atoms with van der Waals surface area (Å²) >= 11 is 0. The Bertz CT molecular complexity index is 545. The van der Waals surface area contributed by atoms with Gasteiger partial charge in [0.25, 0.3) is 0 Å². The maximum absolute atomic E-state index is 13.3. The zero-order valence-electron chi connectivity index (χ0n) is 8.27. The van der Waals surface area contributed by atoms with Gasteiger partial charge in [0.2, 0.25) is 0 Å². The molecule has 0 fully saturated rings. The van der Waals surface area contributed by atoms with Crippen LogP contribution in [0.25, 0.3) is 10.8 Å². The van der Waals surface area contributed by atoms with Gasteiger partial charge < -0.3 is 0 Å². The lowest BCUT2D eigenvalue weighted by Crippen LogP contribution is -2.09. The van der Waals surface area contributed by atoms with E-state index in [2.05, 4.69) is 4.98 Å². The highest BCUT2D eigenvalue weighted by Gasteiger charge is 2.36. The van der Waals surface area contributed by atoms with Gasteiger partial charge in [0, 0.05) is 23.2 Å². The van der Waals surface area contributed by atoms with Crippen LogP contribution in [0.4, 0.5) is 17.6 Å². The topological polar surface area (TPSA) is 12.9 Å². The van der Waals surface area contributed by atoms with Crippen LogP contribution in [0.5, 0.6) is 0 Å². The van der Waals surface area contributed by atoms with E-state index < -0.39 is 17.6 Å². The van der Waals surface area contributed by atoms with Crippen molar-refractivity contribution in [3.8, 4) is 0 Å². The molecule has 0 amide bonds. The molecule has 0 spiro atoms. The lowest BCUT2D eigenvalue weighted by Gasteiger charge is -2.12. The van der Waals surface area contributed by atoms with Gasteiger partial charge in [-0.3, -0.25) is 4.98 Å². The van der Waals surface area contributed by atoms with E-state index in [0.29, 0.717) is 5.56 Å². The third-order valence-electron chi connectivity index (χ3n) is 2.35. The average Bonchev–Trinajstić information content (AvgIpc) is 2.17. The molecule has 1 nitrogen and oxygen atoms in total. The first-order valence-electron chi connectivity index (χ1n) is 4.51. The summed E-state index contributed by atoms with van der Waals surface area (Å²) < 4.78 is 51.3. The van der Waals surface area contributed by atoms with Crippen molar-refractivity contribution in [2.24, 2.45) is 0 Å². The number of halogens is 4. The predicted molar refractivity (Wildman–Crippen MR) is 51.4 cm³/mol. The number of hydrogen-bond acceptors (Lipinski definition) is 1. The summed E-state index contributed by atoms with van der Waals surface area (Å²) in [5.74, 6) is -1.26. The molecule has 0 bridgehead atoms. The maximum atomic E-state index is 13.3. The van der Waals surface area contributed by atoms with Gasteiger partial charge >= 0.3 is 6.18 Å². The van der Waals surface area contributed by atoms with Gasteiger partial charge in [-0.15, -0.1) is 0 Å². The number of benzene rings is 1. The molecule has 1 aromatic heterocycles. The first-order valence-corrected chi connectivity index (χ1v) is 4.51. The lowest BCUT2D eigenvalue weighted by atomic mass is 10.0. The molecule has 0 unspecified atom stereocenters. The van der Waals surface area contributed by atoms with Crippen molar-refractivity contribution in [3.63, 3.8) is 0 Å². The van der Waals surface area contributed by atoms with Crippen molar-refractivity contribution >= 4 is 10.8 Å².